The minimum absolute atomic E-state index is 0. The zero-order valence-corrected chi connectivity index (χ0v) is 18.1. The highest BCUT2D eigenvalue weighted by molar-refractivity contribution is 7.90. The third kappa shape index (κ3) is 5.90. The van der Waals surface area contributed by atoms with Crippen molar-refractivity contribution in [3.05, 3.63) is 84.1 Å². The Balaban J connectivity index is 0.00000210. The molecule has 1 aromatic carbocycles. The minimum atomic E-state index is -3.79. The molecular weight excluding hydrogens is 436 g/mol. The molecule has 0 aliphatic carbocycles. The molecule has 0 fully saturated rings. The maximum Gasteiger partial charge on any atom is 0.242 e. The number of pyridine rings is 1. The molecule has 2 heterocycles. The first kappa shape index (κ1) is 24.8. The van der Waals surface area contributed by atoms with E-state index in [0.717, 1.165) is 9.54 Å². The van der Waals surface area contributed by atoms with Gasteiger partial charge < -0.3 is 5.32 Å². The van der Waals surface area contributed by atoms with Crippen LogP contribution in [0, 0.1) is 5.82 Å². The number of aromatic nitrogens is 2. The number of rotatable bonds is 7. The summed E-state index contributed by atoms with van der Waals surface area (Å²) >= 11 is 0. The molecular formula is C20H22Cl2FN3O2S. The van der Waals surface area contributed by atoms with Crippen LogP contribution in [-0.4, -0.2) is 30.2 Å². The van der Waals surface area contributed by atoms with Crippen molar-refractivity contribution >= 4 is 40.9 Å². The third-order valence-electron chi connectivity index (χ3n) is 4.00. The SMILES string of the molecule is CNCc1cn(S(=O)(=O)CC=Cc2cccnc2)c(-c2ccccc2)c1F.Cl.Cl. The van der Waals surface area contributed by atoms with Crippen molar-refractivity contribution < 1.29 is 12.8 Å². The van der Waals surface area contributed by atoms with Gasteiger partial charge in [-0.1, -0.05) is 48.6 Å². The first-order valence-corrected chi connectivity index (χ1v) is 10.0. The predicted octanol–water partition coefficient (Wildman–Crippen LogP) is 4.14. The van der Waals surface area contributed by atoms with Crippen LogP contribution in [0.4, 0.5) is 4.39 Å². The molecule has 5 nitrogen and oxygen atoms in total. The van der Waals surface area contributed by atoms with Gasteiger partial charge in [-0.2, -0.15) is 0 Å². The molecule has 0 amide bonds. The van der Waals surface area contributed by atoms with Crippen LogP contribution in [0.3, 0.4) is 0 Å². The number of halogens is 3. The summed E-state index contributed by atoms with van der Waals surface area (Å²) in [6.45, 7) is 0.236. The Labute approximate surface area is 182 Å². The molecule has 29 heavy (non-hydrogen) atoms. The Hall–Kier alpha value is -2.19. The standard InChI is InChI=1S/C20H20FN3O2S.2ClH/c1-22-14-18-15-24(20(19(18)21)17-9-3-2-4-10-17)27(25,26)12-6-8-16-7-5-11-23-13-16;;/h2-11,13,15,22H,12,14H2,1H3;2*1H. The fourth-order valence-corrected chi connectivity index (χ4v) is 4.01. The third-order valence-corrected chi connectivity index (χ3v) is 5.50. The largest absolute Gasteiger partial charge is 0.316 e. The zero-order chi connectivity index (χ0) is 19.3. The van der Waals surface area contributed by atoms with E-state index in [0.29, 0.717) is 11.1 Å². The number of hydrogen-bond acceptors (Lipinski definition) is 4. The van der Waals surface area contributed by atoms with Crippen LogP contribution in [0.25, 0.3) is 17.3 Å². The molecule has 3 rings (SSSR count). The van der Waals surface area contributed by atoms with E-state index in [1.807, 2.05) is 6.07 Å². The fourth-order valence-electron chi connectivity index (χ4n) is 2.76. The van der Waals surface area contributed by atoms with Gasteiger partial charge in [0, 0.05) is 36.3 Å². The zero-order valence-electron chi connectivity index (χ0n) is 15.7. The molecule has 0 radical (unpaired) electrons. The van der Waals surface area contributed by atoms with Crippen molar-refractivity contribution in [2.75, 3.05) is 12.8 Å². The summed E-state index contributed by atoms with van der Waals surface area (Å²) in [5.41, 5.74) is 1.66. The van der Waals surface area contributed by atoms with Gasteiger partial charge in [0.25, 0.3) is 0 Å². The van der Waals surface area contributed by atoms with Gasteiger partial charge >= 0.3 is 0 Å². The molecule has 0 aliphatic heterocycles. The monoisotopic (exact) mass is 457 g/mol. The second-order valence-electron chi connectivity index (χ2n) is 5.98. The van der Waals surface area contributed by atoms with E-state index in [2.05, 4.69) is 10.3 Å². The van der Waals surface area contributed by atoms with Crippen molar-refractivity contribution in [1.29, 1.82) is 0 Å². The average molecular weight is 458 g/mol. The lowest BCUT2D eigenvalue weighted by atomic mass is 10.1. The molecule has 0 aliphatic rings. The highest BCUT2D eigenvalue weighted by Crippen LogP contribution is 2.28. The number of benzene rings is 1. The highest BCUT2D eigenvalue weighted by atomic mass is 35.5. The summed E-state index contributed by atoms with van der Waals surface area (Å²) in [4.78, 5) is 3.98. The molecule has 0 saturated carbocycles. The van der Waals surface area contributed by atoms with Crippen LogP contribution in [-0.2, 0) is 16.6 Å². The van der Waals surface area contributed by atoms with Crippen molar-refractivity contribution in [3.63, 3.8) is 0 Å². The lowest BCUT2D eigenvalue weighted by Crippen LogP contribution is -2.16. The Morgan fingerprint density at radius 1 is 1.14 bits per heavy atom. The van der Waals surface area contributed by atoms with Crippen LogP contribution < -0.4 is 5.32 Å². The number of nitrogens with one attached hydrogen (secondary N) is 1. The van der Waals surface area contributed by atoms with Gasteiger partial charge in [-0.25, -0.2) is 16.8 Å². The topological polar surface area (TPSA) is 64.0 Å². The van der Waals surface area contributed by atoms with E-state index in [1.165, 1.54) is 12.3 Å². The summed E-state index contributed by atoms with van der Waals surface area (Å²) in [5, 5.41) is 2.86. The quantitative estimate of drug-likeness (QED) is 0.578. The first-order valence-electron chi connectivity index (χ1n) is 8.42. The van der Waals surface area contributed by atoms with Gasteiger partial charge in [0.1, 0.15) is 0 Å². The second-order valence-corrected chi connectivity index (χ2v) is 7.87. The van der Waals surface area contributed by atoms with Gasteiger partial charge in [0.15, 0.2) is 5.82 Å². The Kier molecular flexibility index (Phi) is 9.52. The van der Waals surface area contributed by atoms with E-state index < -0.39 is 15.8 Å². The first-order chi connectivity index (χ1) is 13.0. The van der Waals surface area contributed by atoms with E-state index in [1.54, 1.807) is 61.9 Å². The summed E-state index contributed by atoms with van der Waals surface area (Å²) in [7, 11) is -2.10. The molecule has 9 heteroatoms. The van der Waals surface area contributed by atoms with Gasteiger partial charge in [-0.05, 0) is 18.7 Å². The normalized spacial score (nSPS) is 11.1. The van der Waals surface area contributed by atoms with E-state index in [9.17, 15) is 12.8 Å². The molecule has 0 saturated heterocycles. The Bertz CT molecular complexity index is 1040. The van der Waals surface area contributed by atoms with E-state index in [4.69, 9.17) is 0 Å². The van der Waals surface area contributed by atoms with Crippen LogP contribution in [0.1, 0.15) is 11.1 Å². The van der Waals surface area contributed by atoms with Crippen LogP contribution in [0.2, 0.25) is 0 Å². The molecule has 0 spiro atoms. The summed E-state index contributed by atoms with van der Waals surface area (Å²) in [6.07, 6.45) is 7.85. The van der Waals surface area contributed by atoms with Crippen LogP contribution in [0.5, 0.6) is 0 Å². The molecule has 0 unspecified atom stereocenters. The maximum absolute atomic E-state index is 14.9. The van der Waals surface area contributed by atoms with Crippen molar-refractivity contribution in [1.82, 2.24) is 14.3 Å². The number of hydrogen-bond donors (Lipinski definition) is 1. The minimum Gasteiger partial charge on any atom is -0.316 e. The lowest BCUT2D eigenvalue weighted by molar-refractivity contribution is 0.588. The Morgan fingerprint density at radius 2 is 1.86 bits per heavy atom. The molecule has 0 bridgehead atoms. The van der Waals surface area contributed by atoms with Crippen LogP contribution >= 0.6 is 24.8 Å². The second kappa shape index (κ2) is 11.1. The van der Waals surface area contributed by atoms with Crippen molar-refractivity contribution in [3.8, 4) is 11.3 Å². The van der Waals surface area contributed by atoms with Crippen molar-refractivity contribution in [2.45, 2.75) is 6.54 Å². The molecule has 0 atom stereocenters. The van der Waals surface area contributed by atoms with Gasteiger partial charge in [-0.15, -0.1) is 24.8 Å². The molecule has 3 aromatic rings. The molecule has 2 aromatic heterocycles. The van der Waals surface area contributed by atoms with Gasteiger partial charge in [-0.3, -0.25) is 4.98 Å². The van der Waals surface area contributed by atoms with Gasteiger partial charge in [0.05, 0.1) is 11.4 Å². The van der Waals surface area contributed by atoms with Crippen molar-refractivity contribution in [2.24, 2.45) is 0 Å². The molecule has 1 N–H and O–H groups in total. The van der Waals surface area contributed by atoms with Crippen LogP contribution in [0.15, 0.2) is 67.1 Å². The lowest BCUT2D eigenvalue weighted by Gasteiger charge is -2.09. The smallest absolute Gasteiger partial charge is 0.242 e. The van der Waals surface area contributed by atoms with E-state index >= 15 is 0 Å². The summed E-state index contributed by atoms with van der Waals surface area (Å²) in [5.74, 6) is -0.787. The summed E-state index contributed by atoms with van der Waals surface area (Å²) < 4.78 is 41.8. The maximum atomic E-state index is 14.9. The number of nitrogens with zero attached hydrogens (tertiary/aromatic N) is 2. The fraction of sp³-hybridized carbons (Fsp3) is 0.150. The summed E-state index contributed by atoms with van der Waals surface area (Å²) in [6, 6.07) is 12.3. The Morgan fingerprint density at radius 3 is 2.48 bits per heavy atom. The average Bonchev–Trinajstić information content (AvgIpc) is 3.01. The predicted molar refractivity (Wildman–Crippen MR) is 120 cm³/mol. The van der Waals surface area contributed by atoms with Gasteiger partial charge in [0.2, 0.25) is 10.0 Å². The highest BCUT2D eigenvalue weighted by Gasteiger charge is 2.24. The van der Waals surface area contributed by atoms with E-state index in [-0.39, 0.29) is 42.8 Å². The molecule has 156 valence electrons.